The Morgan fingerprint density at radius 2 is 2.15 bits per heavy atom. The third-order valence-electron chi connectivity index (χ3n) is 3.97. The highest BCUT2D eigenvalue weighted by atomic mass is 16.5. The lowest BCUT2D eigenvalue weighted by atomic mass is 10.1. The van der Waals surface area contributed by atoms with Crippen LogP contribution in [-0.4, -0.2) is 21.6 Å². The Kier molecular flexibility index (Phi) is 3.83. The Balaban J connectivity index is 1.74. The van der Waals surface area contributed by atoms with Gasteiger partial charge in [0, 0.05) is 25.0 Å². The first-order valence-electron chi connectivity index (χ1n) is 7.33. The van der Waals surface area contributed by atoms with E-state index < -0.39 is 0 Å². The second kappa shape index (κ2) is 5.75. The van der Waals surface area contributed by atoms with Crippen LogP contribution in [0.1, 0.15) is 55.7 Å². The summed E-state index contributed by atoms with van der Waals surface area (Å²) >= 11 is 0. The first-order valence-corrected chi connectivity index (χ1v) is 7.33. The van der Waals surface area contributed by atoms with Gasteiger partial charge in [-0.15, -0.1) is 0 Å². The van der Waals surface area contributed by atoms with Gasteiger partial charge in [0.25, 0.3) is 0 Å². The Labute approximate surface area is 119 Å². The largest absolute Gasteiger partial charge is 0.359 e. The fraction of sp³-hybridized carbons (Fsp3) is 0.500. The zero-order chi connectivity index (χ0) is 13.9. The molecular weight excluding hydrogens is 250 g/mol. The topological polar surface area (TPSA) is 42.2 Å². The molecule has 4 heteroatoms. The summed E-state index contributed by atoms with van der Waals surface area (Å²) in [6.07, 6.45) is 6.07. The van der Waals surface area contributed by atoms with E-state index in [1.165, 1.54) is 12.0 Å². The molecule has 0 amide bonds. The molecule has 1 aliphatic rings. The number of rotatable bonds is 4. The predicted molar refractivity (Wildman–Crippen MR) is 77.2 cm³/mol. The van der Waals surface area contributed by atoms with Crippen molar-refractivity contribution >= 4 is 0 Å². The molecule has 0 aliphatic carbocycles. The van der Waals surface area contributed by atoms with Crippen LogP contribution in [-0.2, 0) is 6.54 Å². The van der Waals surface area contributed by atoms with Gasteiger partial charge in [0.15, 0.2) is 5.76 Å². The summed E-state index contributed by atoms with van der Waals surface area (Å²) < 4.78 is 5.57. The van der Waals surface area contributed by atoms with E-state index in [0.717, 1.165) is 31.0 Å². The summed E-state index contributed by atoms with van der Waals surface area (Å²) in [7, 11) is 0. The van der Waals surface area contributed by atoms with Crippen molar-refractivity contribution in [2.24, 2.45) is 0 Å². The smallest absolute Gasteiger partial charge is 0.154 e. The number of hydrogen-bond donors (Lipinski definition) is 0. The summed E-state index contributed by atoms with van der Waals surface area (Å²) in [4.78, 5) is 6.55. The molecule has 0 radical (unpaired) electrons. The van der Waals surface area contributed by atoms with Gasteiger partial charge in [-0.1, -0.05) is 19.0 Å². The monoisotopic (exact) mass is 271 g/mol. The predicted octanol–water partition coefficient (Wildman–Crippen LogP) is 3.53. The Morgan fingerprint density at radius 3 is 2.85 bits per heavy atom. The molecular formula is C16H21N3O. The average Bonchev–Trinajstić information content (AvgIpc) is 3.08. The van der Waals surface area contributed by atoms with Crippen LogP contribution < -0.4 is 0 Å². The molecule has 1 saturated heterocycles. The summed E-state index contributed by atoms with van der Waals surface area (Å²) in [5.41, 5.74) is 2.35. The van der Waals surface area contributed by atoms with Crippen LogP contribution in [0, 0.1) is 0 Å². The second-order valence-corrected chi connectivity index (χ2v) is 5.79. The molecule has 1 atom stereocenters. The Hall–Kier alpha value is -1.68. The molecule has 0 saturated carbocycles. The van der Waals surface area contributed by atoms with E-state index >= 15 is 0 Å². The van der Waals surface area contributed by atoms with Crippen molar-refractivity contribution in [3.8, 4) is 0 Å². The minimum absolute atomic E-state index is 0.364. The van der Waals surface area contributed by atoms with Crippen LogP contribution in [0.15, 0.2) is 35.1 Å². The quantitative estimate of drug-likeness (QED) is 0.853. The highest BCUT2D eigenvalue weighted by molar-refractivity contribution is 5.15. The van der Waals surface area contributed by atoms with Crippen molar-refractivity contribution in [1.29, 1.82) is 0 Å². The average molecular weight is 271 g/mol. The standard InChI is InChI=1S/C16H21N3O/c1-12(2)14-10-16(20-18-14)15-4-3-9-19(15)11-13-5-7-17-8-6-13/h5-8,10,12,15H,3-4,9,11H2,1-2H3. The molecule has 0 aromatic carbocycles. The van der Waals surface area contributed by atoms with Crippen molar-refractivity contribution in [2.45, 2.75) is 45.2 Å². The summed E-state index contributed by atoms with van der Waals surface area (Å²) in [6.45, 7) is 6.35. The number of hydrogen-bond acceptors (Lipinski definition) is 4. The highest BCUT2D eigenvalue weighted by Gasteiger charge is 2.29. The van der Waals surface area contributed by atoms with Crippen LogP contribution in [0.3, 0.4) is 0 Å². The molecule has 2 aromatic heterocycles. The van der Waals surface area contributed by atoms with Gasteiger partial charge in [0.1, 0.15) is 0 Å². The number of nitrogens with zero attached hydrogens (tertiary/aromatic N) is 3. The van der Waals surface area contributed by atoms with Crippen LogP contribution >= 0.6 is 0 Å². The molecule has 20 heavy (non-hydrogen) atoms. The zero-order valence-electron chi connectivity index (χ0n) is 12.1. The highest BCUT2D eigenvalue weighted by Crippen LogP contribution is 2.34. The molecule has 3 heterocycles. The Bertz CT molecular complexity index is 550. The van der Waals surface area contributed by atoms with E-state index in [2.05, 4.69) is 47.1 Å². The number of likely N-dealkylation sites (tertiary alicyclic amines) is 1. The van der Waals surface area contributed by atoms with Gasteiger partial charge >= 0.3 is 0 Å². The third kappa shape index (κ3) is 2.75. The van der Waals surface area contributed by atoms with Crippen LogP contribution in [0.2, 0.25) is 0 Å². The maximum atomic E-state index is 5.57. The molecule has 4 nitrogen and oxygen atoms in total. The maximum absolute atomic E-state index is 5.57. The molecule has 1 aliphatic heterocycles. The van der Waals surface area contributed by atoms with Gasteiger partial charge in [-0.25, -0.2) is 0 Å². The molecule has 0 N–H and O–H groups in total. The SMILES string of the molecule is CC(C)c1cc(C2CCCN2Cc2ccncc2)on1. The first-order chi connectivity index (χ1) is 9.74. The van der Waals surface area contributed by atoms with Gasteiger partial charge < -0.3 is 4.52 Å². The lowest BCUT2D eigenvalue weighted by Gasteiger charge is -2.22. The van der Waals surface area contributed by atoms with Crippen molar-refractivity contribution in [2.75, 3.05) is 6.54 Å². The minimum atomic E-state index is 0.364. The van der Waals surface area contributed by atoms with Crippen LogP contribution in [0.25, 0.3) is 0 Å². The summed E-state index contributed by atoms with van der Waals surface area (Å²) in [6, 6.07) is 6.65. The molecule has 1 fully saturated rings. The van der Waals surface area contributed by atoms with Gasteiger partial charge in [0.05, 0.1) is 11.7 Å². The van der Waals surface area contributed by atoms with E-state index in [1.54, 1.807) is 0 Å². The van der Waals surface area contributed by atoms with Crippen molar-refractivity contribution in [1.82, 2.24) is 15.0 Å². The summed E-state index contributed by atoms with van der Waals surface area (Å²) in [5, 5.41) is 4.19. The number of pyridine rings is 1. The van der Waals surface area contributed by atoms with Gasteiger partial charge in [-0.05, 0) is 43.0 Å². The van der Waals surface area contributed by atoms with Crippen molar-refractivity contribution in [3.05, 3.63) is 47.6 Å². The fourth-order valence-corrected chi connectivity index (χ4v) is 2.79. The Morgan fingerprint density at radius 1 is 1.35 bits per heavy atom. The second-order valence-electron chi connectivity index (χ2n) is 5.79. The van der Waals surface area contributed by atoms with Gasteiger partial charge in [0.2, 0.25) is 0 Å². The van der Waals surface area contributed by atoms with E-state index in [9.17, 15) is 0 Å². The third-order valence-corrected chi connectivity index (χ3v) is 3.97. The van der Waals surface area contributed by atoms with E-state index in [0.29, 0.717) is 12.0 Å². The lowest BCUT2D eigenvalue weighted by molar-refractivity contribution is 0.206. The van der Waals surface area contributed by atoms with Gasteiger partial charge in [-0.3, -0.25) is 9.88 Å². The molecule has 0 bridgehead atoms. The maximum Gasteiger partial charge on any atom is 0.154 e. The normalized spacial score (nSPS) is 19.9. The van der Waals surface area contributed by atoms with Crippen LogP contribution in [0.5, 0.6) is 0 Å². The van der Waals surface area contributed by atoms with Crippen molar-refractivity contribution < 1.29 is 4.52 Å². The molecule has 106 valence electrons. The van der Waals surface area contributed by atoms with E-state index in [4.69, 9.17) is 4.52 Å². The molecule has 2 aromatic rings. The summed E-state index contributed by atoms with van der Waals surface area (Å²) in [5.74, 6) is 1.43. The zero-order valence-corrected chi connectivity index (χ0v) is 12.1. The van der Waals surface area contributed by atoms with E-state index in [-0.39, 0.29) is 0 Å². The van der Waals surface area contributed by atoms with Gasteiger partial charge in [-0.2, -0.15) is 0 Å². The molecule has 0 spiro atoms. The van der Waals surface area contributed by atoms with Crippen LogP contribution in [0.4, 0.5) is 0 Å². The fourth-order valence-electron chi connectivity index (χ4n) is 2.79. The first kappa shape index (κ1) is 13.3. The van der Waals surface area contributed by atoms with E-state index in [1.807, 2.05) is 12.4 Å². The molecule has 3 rings (SSSR count). The number of aromatic nitrogens is 2. The molecule has 1 unspecified atom stereocenters. The van der Waals surface area contributed by atoms with Crippen molar-refractivity contribution in [3.63, 3.8) is 0 Å². The lowest BCUT2D eigenvalue weighted by Crippen LogP contribution is -2.22. The minimum Gasteiger partial charge on any atom is -0.359 e.